The predicted octanol–water partition coefficient (Wildman–Crippen LogP) is 3.50. The largest absolute Gasteiger partial charge is 0.481 e. The number of anilines is 1. The van der Waals surface area contributed by atoms with Crippen molar-refractivity contribution in [3.63, 3.8) is 0 Å². The highest BCUT2D eigenvalue weighted by molar-refractivity contribution is 6.34. The molecule has 0 atom stereocenters. The van der Waals surface area contributed by atoms with E-state index in [9.17, 15) is 14.0 Å². The first-order valence-electron chi connectivity index (χ1n) is 7.38. The van der Waals surface area contributed by atoms with Crippen molar-refractivity contribution < 1.29 is 23.5 Å². The molecule has 0 aliphatic rings. The smallest absolute Gasteiger partial charge is 0.309 e. The van der Waals surface area contributed by atoms with Gasteiger partial charge in [-0.15, -0.1) is 0 Å². The van der Waals surface area contributed by atoms with Crippen molar-refractivity contribution in [2.24, 2.45) is 0 Å². The van der Waals surface area contributed by atoms with E-state index >= 15 is 4.39 Å². The summed E-state index contributed by atoms with van der Waals surface area (Å²) in [4.78, 5) is 26.5. The summed E-state index contributed by atoms with van der Waals surface area (Å²) >= 11 is 5.85. The molecule has 3 N–H and O–H groups in total. The molecule has 2 aromatic heterocycles. The Bertz CT molecular complexity index is 1080. The topological polar surface area (TPSA) is 98.2 Å². The third-order valence-electron chi connectivity index (χ3n) is 3.89. The molecule has 0 saturated heterocycles. The molecule has 0 bridgehead atoms. The van der Waals surface area contributed by atoms with E-state index in [4.69, 9.17) is 22.4 Å². The number of halogens is 3. The number of carboxylic acids is 1. The summed E-state index contributed by atoms with van der Waals surface area (Å²) in [6, 6.07) is 4.32. The normalized spacial score (nSPS) is 11.1. The van der Waals surface area contributed by atoms with E-state index < -0.39 is 41.3 Å². The van der Waals surface area contributed by atoms with Gasteiger partial charge in [0.15, 0.2) is 11.6 Å². The SMILES string of the molecule is CC(=O)n1ccc2ccc(-c3nc(CC(=O)O)c(Cl)c(N)c3F)c(F)c21. The molecule has 1 aromatic carbocycles. The highest BCUT2D eigenvalue weighted by Crippen LogP contribution is 2.35. The number of nitrogen functional groups attached to an aromatic ring is 1. The number of nitrogens with zero attached hydrogens (tertiary/aromatic N) is 2. The van der Waals surface area contributed by atoms with Crippen LogP contribution in [0.2, 0.25) is 5.02 Å². The number of hydrogen-bond acceptors (Lipinski definition) is 4. The van der Waals surface area contributed by atoms with E-state index in [-0.39, 0.29) is 21.8 Å². The van der Waals surface area contributed by atoms with Gasteiger partial charge in [-0.1, -0.05) is 17.7 Å². The first-order chi connectivity index (χ1) is 12.2. The van der Waals surface area contributed by atoms with Crippen LogP contribution >= 0.6 is 11.6 Å². The highest BCUT2D eigenvalue weighted by Gasteiger charge is 2.23. The Morgan fingerprint density at radius 2 is 1.96 bits per heavy atom. The second kappa shape index (κ2) is 6.38. The number of fused-ring (bicyclic) bond motifs is 1. The van der Waals surface area contributed by atoms with Crippen LogP contribution in [0.5, 0.6) is 0 Å². The van der Waals surface area contributed by atoms with E-state index in [1.165, 1.54) is 25.3 Å². The molecule has 0 aliphatic carbocycles. The summed E-state index contributed by atoms with van der Waals surface area (Å²) in [5.74, 6) is -3.62. The van der Waals surface area contributed by atoms with E-state index in [2.05, 4.69) is 4.98 Å². The van der Waals surface area contributed by atoms with E-state index in [1.807, 2.05) is 0 Å². The van der Waals surface area contributed by atoms with Crippen LogP contribution < -0.4 is 5.73 Å². The average molecular weight is 380 g/mol. The van der Waals surface area contributed by atoms with Gasteiger partial charge in [0.05, 0.1) is 28.3 Å². The molecule has 0 fully saturated rings. The minimum absolute atomic E-state index is 0.0375. The lowest BCUT2D eigenvalue weighted by molar-refractivity contribution is -0.136. The molecule has 0 saturated carbocycles. The number of benzene rings is 1. The van der Waals surface area contributed by atoms with Crippen molar-refractivity contribution in [2.75, 3.05) is 5.73 Å². The van der Waals surface area contributed by atoms with Crippen LogP contribution in [0.4, 0.5) is 14.5 Å². The zero-order valence-electron chi connectivity index (χ0n) is 13.4. The molecule has 134 valence electrons. The minimum atomic E-state index is -1.25. The van der Waals surface area contributed by atoms with Crippen LogP contribution in [0.3, 0.4) is 0 Å². The number of carbonyl (C=O) groups excluding carboxylic acids is 1. The van der Waals surface area contributed by atoms with Crippen LogP contribution in [-0.4, -0.2) is 26.5 Å². The second-order valence-corrected chi connectivity index (χ2v) is 5.97. The molecule has 9 heteroatoms. The maximum absolute atomic E-state index is 15.0. The highest BCUT2D eigenvalue weighted by atomic mass is 35.5. The molecule has 0 amide bonds. The molecule has 6 nitrogen and oxygen atoms in total. The summed E-state index contributed by atoms with van der Waals surface area (Å²) in [6.45, 7) is 1.26. The number of carboxylic acid groups (broad SMARTS) is 1. The van der Waals surface area contributed by atoms with Crippen LogP contribution in [0.15, 0.2) is 24.4 Å². The third-order valence-corrected chi connectivity index (χ3v) is 4.31. The van der Waals surface area contributed by atoms with Crippen LogP contribution in [-0.2, 0) is 11.2 Å². The maximum Gasteiger partial charge on any atom is 0.309 e. The number of aromatic nitrogens is 2. The van der Waals surface area contributed by atoms with Gasteiger partial charge in [-0.3, -0.25) is 14.2 Å². The van der Waals surface area contributed by atoms with Crippen molar-refractivity contribution in [3.8, 4) is 11.3 Å². The van der Waals surface area contributed by atoms with Crippen LogP contribution in [0.25, 0.3) is 22.2 Å². The molecule has 0 unspecified atom stereocenters. The lowest BCUT2D eigenvalue weighted by Crippen LogP contribution is -2.09. The molecule has 0 radical (unpaired) electrons. The molecule has 2 heterocycles. The molecule has 3 aromatic rings. The molecule has 0 spiro atoms. The van der Waals surface area contributed by atoms with Crippen LogP contribution in [0, 0.1) is 11.6 Å². The van der Waals surface area contributed by atoms with Gasteiger partial charge in [0.2, 0.25) is 5.91 Å². The summed E-state index contributed by atoms with van der Waals surface area (Å²) < 4.78 is 30.7. The number of rotatable bonds is 3. The molecular weight excluding hydrogens is 368 g/mol. The van der Waals surface area contributed by atoms with Crippen molar-refractivity contribution >= 4 is 40.1 Å². The maximum atomic E-state index is 15.0. The number of carbonyl (C=O) groups is 2. The Balaban J connectivity index is 2.31. The Kier molecular flexibility index (Phi) is 4.37. The molecule has 3 rings (SSSR count). The first-order valence-corrected chi connectivity index (χ1v) is 7.76. The monoisotopic (exact) mass is 379 g/mol. The fraction of sp³-hybridized carbons (Fsp3) is 0.118. The summed E-state index contributed by atoms with van der Waals surface area (Å²) in [6.07, 6.45) is 0.791. The number of pyridine rings is 1. The summed E-state index contributed by atoms with van der Waals surface area (Å²) in [7, 11) is 0. The van der Waals surface area contributed by atoms with Crippen molar-refractivity contribution in [2.45, 2.75) is 13.3 Å². The zero-order chi connectivity index (χ0) is 19.2. The fourth-order valence-corrected chi connectivity index (χ4v) is 2.88. The lowest BCUT2D eigenvalue weighted by Gasteiger charge is -2.12. The second-order valence-electron chi connectivity index (χ2n) is 5.59. The van der Waals surface area contributed by atoms with Crippen molar-refractivity contribution in [1.29, 1.82) is 0 Å². The van der Waals surface area contributed by atoms with Crippen LogP contribution in [0.1, 0.15) is 17.4 Å². The Hall–Kier alpha value is -3.00. The predicted molar refractivity (Wildman–Crippen MR) is 92.1 cm³/mol. The van der Waals surface area contributed by atoms with E-state index in [1.54, 1.807) is 6.07 Å². The molecule has 26 heavy (non-hydrogen) atoms. The average Bonchev–Trinajstić information content (AvgIpc) is 3.01. The Labute approximate surface area is 150 Å². The van der Waals surface area contributed by atoms with E-state index in [0.29, 0.717) is 5.39 Å². The van der Waals surface area contributed by atoms with Gasteiger partial charge in [0.1, 0.15) is 5.69 Å². The van der Waals surface area contributed by atoms with Gasteiger partial charge in [0, 0.05) is 24.1 Å². The van der Waals surface area contributed by atoms with Gasteiger partial charge in [0.25, 0.3) is 0 Å². The van der Waals surface area contributed by atoms with Crippen molar-refractivity contribution in [3.05, 3.63) is 46.7 Å². The summed E-state index contributed by atoms with van der Waals surface area (Å²) in [5.41, 5.74) is 4.12. The van der Waals surface area contributed by atoms with E-state index in [0.717, 1.165) is 4.57 Å². The van der Waals surface area contributed by atoms with Gasteiger partial charge >= 0.3 is 5.97 Å². The number of hydrogen-bond donors (Lipinski definition) is 2. The first kappa shape index (κ1) is 17.8. The zero-order valence-corrected chi connectivity index (χ0v) is 14.1. The number of nitrogens with two attached hydrogens (primary N) is 1. The van der Waals surface area contributed by atoms with Gasteiger partial charge in [-0.2, -0.15) is 0 Å². The lowest BCUT2D eigenvalue weighted by atomic mass is 10.1. The molecule has 0 aliphatic heterocycles. The van der Waals surface area contributed by atoms with Gasteiger partial charge < -0.3 is 10.8 Å². The quantitative estimate of drug-likeness (QED) is 0.725. The third kappa shape index (κ3) is 2.78. The summed E-state index contributed by atoms with van der Waals surface area (Å²) in [5, 5.41) is 9.04. The minimum Gasteiger partial charge on any atom is -0.481 e. The standard InChI is InChI=1S/C17H12ClF2N3O3/c1-7(24)23-5-4-8-2-3-9(13(19)17(8)23)16-14(20)15(21)12(18)10(22-16)6-11(25)26/h2-5H,6H2,1H3,(H2,21,22)(H,25,26). The Morgan fingerprint density at radius 1 is 1.27 bits per heavy atom. The van der Waals surface area contributed by atoms with Gasteiger partial charge in [-0.25, -0.2) is 13.8 Å². The number of aliphatic carboxylic acids is 1. The van der Waals surface area contributed by atoms with Gasteiger partial charge in [-0.05, 0) is 12.1 Å². The molecular formula is C17H12ClF2N3O3. The van der Waals surface area contributed by atoms with Crippen molar-refractivity contribution in [1.82, 2.24) is 9.55 Å². The fourth-order valence-electron chi connectivity index (χ4n) is 2.68. The Morgan fingerprint density at radius 3 is 2.58 bits per heavy atom.